The predicted octanol–water partition coefficient (Wildman–Crippen LogP) is 1.61. The normalized spacial score (nSPS) is 11.4. The molecule has 0 radical (unpaired) electrons. The number of rotatable bonds is 6. The molecule has 6 nitrogen and oxygen atoms in total. The minimum absolute atomic E-state index is 0.146. The molecule has 0 bridgehead atoms. The summed E-state index contributed by atoms with van der Waals surface area (Å²) in [4.78, 5) is 35.1. The Balaban J connectivity index is 2.11. The Hall–Kier alpha value is -3.22. The SMILES string of the molecule is CC(=O)Nc1cccc(C(=O)N[C@H](Cc2ccc(F)cc2)C(N)=O)c1. The second kappa shape index (κ2) is 8.05. The number of amides is 3. The van der Waals surface area contributed by atoms with Gasteiger partial charge in [-0.2, -0.15) is 0 Å². The average Bonchev–Trinajstić information content (AvgIpc) is 2.55. The Morgan fingerprint density at radius 2 is 1.80 bits per heavy atom. The summed E-state index contributed by atoms with van der Waals surface area (Å²) in [7, 11) is 0. The van der Waals surface area contributed by atoms with Crippen molar-refractivity contribution >= 4 is 23.4 Å². The lowest BCUT2D eigenvalue weighted by Crippen LogP contribution is -2.45. The lowest BCUT2D eigenvalue weighted by atomic mass is 10.0. The largest absolute Gasteiger partial charge is 0.368 e. The summed E-state index contributed by atoms with van der Waals surface area (Å²) in [5.41, 5.74) is 6.76. The Morgan fingerprint density at radius 1 is 1.12 bits per heavy atom. The first-order chi connectivity index (χ1) is 11.8. The zero-order valence-electron chi connectivity index (χ0n) is 13.6. The number of carbonyl (C=O) groups excluding carboxylic acids is 3. The third-order valence-corrected chi connectivity index (χ3v) is 3.45. The van der Waals surface area contributed by atoms with Crippen molar-refractivity contribution in [2.24, 2.45) is 5.73 Å². The topological polar surface area (TPSA) is 101 Å². The molecule has 0 aliphatic heterocycles. The van der Waals surface area contributed by atoms with Crippen molar-refractivity contribution in [1.82, 2.24) is 5.32 Å². The van der Waals surface area contributed by atoms with Crippen LogP contribution < -0.4 is 16.4 Å². The first kappa shape index (κ1) is 18.1. The van der Waals surface area contributed by atoms with Gasteiger partial charge in [0.1, 0.15) is 11.9 Å². The molecular formula is C18H18FN3O3. The number of hydrogen-bond donors (Lipinski definition) is 3. The summed E-state index contributed by atoms with van der Waals surface area (Å²) in [5, 5.41) is 5.13. The van der Waals surface area contributed by atoms with Crippen molar-refractivity contribution in [2.75, 3.05) is 5.32 Å². The van der Waals surface area contributed by atoms with Crippen LogP contribution in [0.1, 0.15) is 22.8 Å². The van der Waals surface area contributed by atoms with E-state index in [9.17, 15) is 18.8 Å². The van der Waals surface area contributed by atoms with E-state index in [1.54, 1.807) is 18.2 Å². The van der Waals surface area contributed by atoms with Crippen LogP contribution in [-0.4, -0.2) is 23.8 Å². The number of carbonyl (C=O) groups is 3. The molecule has 0 unspecified atom stereocenters. The summed E-state index contributed by atoms with van der Waals surface area (Å²) in [6.45, 7) is 1.36. The molecule has 0 saturated carbocycles. The van der Waals surface area contributed by atoms with E-state index in [0.717, 1.165) is 0 Å². The highest BCUT2D eigenvalue weighted by Gasteiger charge is 2.19. The van der Waals surface area contributed by atoms with Crippen LogP contribution in [0.4, 0.5) is 10.1 Å². The number of nitrogens with one attached hydrogen (secondary N) is 2. The van der Waals surface area contributed by atoms with Crippen molar-refractivity contribution in [3.8, 4) is 0 Å². The van der Waals surface area contributed by atoms with Gasteiger partial charge in [-0.1, -0.05) is 18.2 Å². The van der Waals surface area contributed by atoms with E-state index < -0.39 is 23.7 Å². The van der Waals surface area contributed by atoms with E-state index in [4.69, 9.17) is 5.73 Å². The molecule has 4 N–H and O–H groups in total. The van der Waals surface area contributed by atoms with Crippen molar-refractivity contribution in [3.63, 3.8) is 0 Å². The summed E-state index contributed by atoms with van der Waals surface area (Å²) in [5.74, 6) is -1.85. The quantitative estimate of drug-likeness (QED) is 0.743. The molecule has 0 aromatic heterocycles. The lowest BCUT2D eigenvalue weighted by molar-refractivity contribution is -0.119. The molecule has 0 saturated heterocycles. The van der Waals surface area contributed by atoms with Crippen molar-refractivity contribution in [2.45, 2.75) is 19.4 Å². The van der Waals surface area contributed by atoms with Gasteiger partial charge in [-0.3, -0.25) is 14.4 Å². The molecule has 2 aromatic rings. The van der Waals surface area contributed by atoms with Crippen LogP contribution in [0.5, 0.6) is 0 Å². The summed E-state index contributed by atoms with van der Waals surface area (Å²) < 4.78 is 13.0. The average molecular weight is 343 g/mol. The van der Waals surface area contributed by atoms with Crippen LogP contribution in [0, 0.1) is 5.82 Å². The second-order valence-electron chi connectivity index (χ2n) is 5.52. The third kappa shape index (κ3) is 5.42. The van der Waals surface area contributed by atoms with E-state index >= 15 is 0 Å². The summed E-state index contributed by atoms with van der Waals surface area (Å²) in [6, 6.07) is 10.9. The molecule has 7 heteroatoms. The van der Waals surface area contributed by atoms with Gasteiger partial charge in [-0.15, -0.1) is 0 Å². The number of hydrogen-bond acceptors (Lipinski definition) is 3. The third-order valence-electron chi connectivity index (χ3n) is 3.45. The molecule has 2 rings (SSSR count). The number of benzene rings is 2. The Labute approximate surface area is 144 Å². The lowest BCUT2D eigenvalue weighted by Gasteiger charge is -2.16. The Kier molecular flexibility index (Phi) is 5.84. The van der Waals surface area contributed by atoms with Gasteiger partial charge in [0.15, 0.2) is 0 Å². The molecule has 1 atom stereocenters. The minimum atomic E-state index is -0.942. The van der Waals surface area contributed by atoms with Crippen molar-refractivity contribution < 1.29 is 18.8 Å². The van der Waals surface area contributed by atoms with Crippen molar-refractivity contribution in [1.29, 1.82) is 0 Å². The summed E-state index contributed by atoms with van der Waals surface area (Å²) >= 11 is 0. The molecule has 0 fully saturated rings. The molecule has 3 amide bonds. The van der Waals surface area contributed by atoms with Crippen molar-refractivity contribution in [3.05, 3.63) is 65.5 Å². The van der Waals surface area contributed by atoms with Crippen LogP contribution in [-0.2, 0) is 16.0 Å². The Bertz CT molecular complexity index is 790. The second-order valence-corrected chi connectivity index (χ2v) is 5.52. The first-order valence-corrected chi connectivity index (χ1v) is 7.57. The highest BCUT2D eigenvalue weighted by atomic mass is 19.1. The smallest absolute Gasteiger partial charge is 0.252 e. The zero-order chi connectivity index (χ0) is 18.4. The fourth-order valence-corrected chi connectivity index (χ4v) is 2.26. The Morgan fingerprint density at radius 3 is 2.40 bits per heavy atom. The van der Waals surface area contributed by atoms with E-state index in [0.29, 0.717) is 11.3 Å². The van der Waals surface area contributed by atoms with Gasteiger partial charge < -0.3 is 16.4 Å². The number of anilines is 1. The highest BCUT2D eigenvalue weighted by molar-refractivity contribution is 5.99. The van der Waals surface area contributed by atoms with Crippen LogP contribution in [0.25, 0.3) is 0 Å². The number of halogens is 1. The number of primary amides is 1. The van der Waals surface area contributed by atoms with Gasteiger partial charge in [-0.25, -0.2) is 4.39 Å². The molecule has 25 heavy (non-hydrogen) atoms. The standard InChI is InChI=1S/C18H18FN3O3/c1-11(23)21-15-4-2-3-13(10-15)18(25)22-16(17(20)24)9-12-5-7-14(19)8-6-12/h2-8,10,16H,9H2,1H3,(H2,20,24)(H,21,23)(H,22,25)/t16-/m1/s1. The molecule has 0 aliphatic carbocycles. The molecule has 0 spiro atoms. The van der Waals surface area contributed by atoms with E-state index in [1.165, 1.54) is 37.3 Å². The maximum absolute atomic E-state index is 13.0. The fourth-order valence-electron chi connectivity index (χ4n) is 2.26. The van der Waals surface area contributed by atoms with Crippen LogP contribution in [0.15, 0.2) is 48.5 Å². The van der Waals surface area contributed by atoms with E-state index in [2.05, 4.69) is 10.6 Å². The van der Waals surface area contributed by atoms with E-state index in [-0.39, 0.29) is 17.9 Å². The molecule has 2 aromatic carbocycles. The maximum Gasteiger partial charge on any atom is 0.252 e. The van der Waals surface area contributed by atoms with E-state index in [1.807, 2.05) is 0 Å². The van der Waals surface area contributed by atoms with Crippen LogP contribution in [0.3, 0.4) is 0 Å². The monoisotopic (exact) mass is 343 g/mol. The highest BCUT2D eigenvalue weighted by Crippen LogP contribution is 2.12. The number of nitrogens with two attached hydrogens (primary N) is 1. The van der Waals surface area contributed by atoms with Crippen LogP contribution >= 0.6 is 0 Å². The van der Waals surface area contributed by atoms with Gasteiger partial charge in [0.25, 0.3) is 5.91 Å². The van der Waals surface area contributed by atoms with Gasteiger partial charge in [0.2, 0.25) is 11.8 Å². The molecular weight excluding hydrogens is 325 g/mol. The zero-order valence-corrected chi connectivity index (χ0v) is 13.6. The van der Waals surface area contributed by atoms with Gasteiger partial charge in [-0.05, 0) is 35.9 Å². The van der Waals surface area contributed by atoms with Crippen LogP contribution in [0.2, 0.25) is 0 Å². The molecule has 0 heterocycles. The van der Waals surface area contributed by atoms with Gasteiger partial charge in [0, 0.05) is 24.6 Å². The minimum Gasteiger partial charge on any atom is -0.368 e. The maximum atomic E-state index is 13.0. The fraction of sp³-hybridized carbons (Fsp3) is 0.167. The van der Waals surface area contributed by atoms with Gasteiger partial charge in [0.05, 0.1) is 0 Å². The van der Waals surface area contributed by atoms with Gasteiger partial charge >= 0.3 is 0 Å². The first-order valence-electron chi connectivity index (χ1n) is 7.57. The molecule has 0 aliphatic rings. The molecule has 130 valence electrons. The summed E-state index contributed by atoms with van der Waals surface area (Å²) in [6.07, 6.45) is 0.146. The predicted molar refractivity (Wildman–Crippen MR) is 91.3 cm³/mol.